The third-order valence-electron chi connectivity index (χ3n) is 4.46. The van der Waals surface area contributed by atoms with Gasteiger partial charge in [0, 0.05) is 11.1 Å². The zero-order chi connectivity index (χ0) is 12.2. The van der Waals surface area contributed by atoms with Gasteiger partial charge in [0.15, 0.2) is 0 Å². The summed E-state index contributed by atoms with van der Waals surface area (Å²) < 4.78 is 0. The summed E-state index contributed by atoms with van der Waals surface area (Å²) in [6.07, 6.45) is 0. The van der Waals surface area contributed by atoms with Crippen LogP contribution in [0.4, 0.5) is 5.69 Å². The van der Waals surface area contributed by atoms with E-state index in [0.29, 0.717) is 0 Å². The van der Waals surface area contributed by atoms with Crippen molar-refractivity contribution < 1.29 is 0 Å². The predicted octanol–water partition coefficient (Wildman–Crippen LogP) is 4.30. The van der Waals surface area contributed by atoms with Gasteiger partial charge >= 0.3 is 0 Å². The zero-order valence-corrected chi connectivity index (χ0v) is 11.4. The first-order valence-electron chi connectivity index (χ1n) is 5.95. The van der Waals surface area contributed by atoms with Gasteiger partial charge in [-0.25, -0.2) is 0 Å². The SMILES string of the molecule is CC1=Nc2c(C)c(C)c(C)c(C)c2C1(C)C. The van der Waals surface area contributed by atoms with Crippen LogP contribution in [0.2, 0.25) is 0 Å². The average molecular weight is 215 g/mol. The maximum Gasteiger partial charge on any atom is 0.0705 e. The average Bonchev–Trinajstić information content (AvgIpc) is 2.45. The molecule has 1 heteroatoms. The van der Waals surface area contributed by atoms with E-state index in [2.05, 4.69) is 48.5 Å². The van der Waals surface area contributed by atoms with Crippen LogP contribution in [0, 0.1) is 27.7 Å². The number of rotatable bonds is 0. The van der Waals surface area contributed by atoms with Gasteiger partial charge in [0.05, 0.1) is 5.69 Å². The van der Waals surface area contributed by atoms with Crippen LogP contribution in [0.25, 0.3) is 0 Å². The van der Waals surface area contributed by atoms with Crippen molar-refractivity contribution in [2.75, 3.05) is 0 Å². The van der Waals surface area contributed by atoms with E-state index in [1.54, 1.807) is 0 Å². The lowest BCUT2D eigenvalue weighted by Crippen LogP contribution is -2.24. The fourth-order valence-corrected chi connectivity index (χ4v) is 2.69. The normalized spacial score (nSPS) is 17.3. The predicted molar refractivity (Wildman–Crippen MR) is 71.2 cm³/mol. The molecule has 0 spiro atoms. The summed E-state index contributed by atoms with van der Waals surface area (Å²) >= 11 is 0. The second-order valence-electron chi connectivity index (χ2n) is 5.55. The number of fused-ring (bicyclic) bond motifs is 1. The van der Waals surface area contributed by atoms with E-state index in [-0.39, 0.29) is 5.41 Å². The molecule has 0 radical (unpaired) electrons. The third kappa shape index (κ3) is 1.20. The maximum atomic E-state index is 4.78. The summed E-state index contributed by atoms with van der Waals surface area (Å²) in [5.74, 6) is 0. The molecule has 0 saturated carbocycles. The van der Waals surface area contributed by atoms with Crippen molar-refractivity contribution in [1.29, 1.82) is 0 Å². The van der Waals surface area contributed by atoms with Crippen molar-refractivity contribution in [3.05, 3.63) is 27.8 Å². The second-order valence-corrected chi connectivity index (χ2v) is 5.55. The molecule has 16 heavy (non-hydrogen) atoms. The van der Waals surface area contributed by atoms with E-state index in [1.807, 2.05) is 0 Å². The van der Waals surface area contributed by atoms with Crippen LogP contribution in [0.1, 0.15) is 48.6 Å². The number of hydrogen-bond donors (Lipinski definition) is 0. The highest BCUT2D eigenvalue weighted by atomic mass is 14.8. The fraction of sp³-hybridized carbons (Fsp3) is 0.533. The van der Waals surface area contributed by atoms with Gasteiger partial charge in [-0.1, -0.05) is 13.8 Å². The Balaban J connectivity index is 2.89. The third-order valence-corrected chi connectivity index (χ3v) is 4.46. The van der Waals surface area contributed by atoms with Crippen molar-refractivity contribution in [1.82, 2.24) is 0 Å². The van der Waals surface area contributed by atoms with Gasteiger partial charge < -0.3 is 0 Å². The second kappa shape index (κ2) is 3.19. The molecule has 0 N–H and O–H groups in total. The molecule has 2 rings (SSSR count). The van der Waals surface area contributed by atoms with Gasteiger partial charge in [0.25, 0.3) is 0 Å². The molecule has 0 unspecified atom stereocenters. The number of nitrogens with zero attached hydrogens (tertiary/aromatic N) is 1. The van der Waals surface area contributed by atoms with Gasteiger partial charge in [-0.15, -0.1) is 0 Å². The molecule has 0 bridgehead atoms. The molecule has 1 aromatic rings. The van der Waals surface area contributed by atoms with Crippen LogP contribution >= 0.6 is 0 Å². The van der Waals surface area contributed by atoms with Crippen LogP contribution in [0.5, 0.6) is 0 Å². The highest BCUT2D eigenvalue weighted by Crippen LogP contribution is 2.45. The summed E-state index contributed by atoms with van der Waals surface area (Å²) in [4.78, 5) is 4.78. The van der Waals surface area contributed by atoms with Crippen molar-refractivity contribution in [2.24, 2.45) is 4.99 Å². The van der Waals surface area contributed by atoms with Crippen LogP contribution in [0.15, 0.2) is 4.99 Å². The summed E-state index contributed by atoms with van der Waals surface area (Å²) in [6.45, 7) is 15.5. The van der Waals surface area contributed by atoms with Crippen LogP contribution in [0.3, 0.4) is 0 Å². The molecule has 1 nitrogen and oxygen atoms in total. The summed E-state index contributed by atoms with van der Waals surface area (Å²) in [6, 6.07) is 0. The van der Waals surface area contributed by atoms with Gasteiger partial charge in [0.1, 0.15) is 0 Å². The minimum atomic E-state index is 0.0998. The monoisotopic (exact) mass is 215 g/mol. The van der Waals surface area contributed by atoms with Crippen molar-refractivity contribution in [2.45, 2.75) is 53.9 Å². The lowest BCUT2D eigenvalue weighted by atomic mass is 9.77. The number of benzene rings is 1. The summed E-state index contributed by atoms with van der Waals surface area (Å²) in [5.41, 5.74) is 9.58. The molecule has 86 valence electrons. The molecular weight excluding hydrogens is 194 g/mol. The Hall–Kier alpha value is -1.11. The van der Waals surface area contributed by atoms with Gasteiger partial charge in [-0.05, 0) is 62.4 Å². The lowest BCUT2D eigenvalue weighted by molar-refractivity contribution is 0.725. The first-order valence-corrected chi connectivity index (χ1v) is 5.95. The molecular formula is C15H21N. The molecule has 0 saturated heterocycles. The van der Waals surface area contributed by atoms with Crippen LogP contribution in [-0.2, 0) is 5.41 Å². The minimum absolute atomic E-state index is 0.0998. The van der Waals surface area contributed by atoms with Gasteiger partial charge in [-0.3, -0.25) is 4.99 Å². The molecule has 1 aliphatic heterocycles. The molecule has 0 fully saturated rings. The van der Waals surface area contributed by atoms with Gasteiger partial charge in [-0.2, -0.15) is 0 Å². The fourth-order valence-electron chi connectivity index (χ4n) is 2.69. The van der Waals surface area contributed by atoms with Crippen molar-refractivity contribution in [3.63, 3.8) is 0 Å². The highest BCUT2D eigenvalue weighted by molar-refractivity contribution is 6.01. The smallest absolute Gasteiger partial charge is 0.0705 e. The van der Waals surface area contributed by atoms with E-state index in [0.717, 1.165) is 0 Å². The summed E-state index contributed by atoms with van der Waals surface area (Å²) in [5, 5.41) is 0. The standard InChI is InChI=1S/C15H21N/c1-8-9(2)11(4)14-13(10(8)3)15(6,7)12(5)16-14/h1-7H3. The van der Waals surface area contributed by atoms with E-state index >= 15 is 0 Å². The Kier molecular flexibility index (Phi) is 2.27. The molecule has 0 aliphatic carbocycles. The zero-order valence-electron chi connectivity index (χ0n) is 11.4. The Morgan fingerprint density at radius 1 is 0.750 bits per heavy atom. The largest absolute Gasteiger partial charge is 0.257 e. The number of hydrogen-bond acceptors (Lipinski definition) is 1. The van der Waals surface area contributed by atoms with Crippen molar-refractivity contribution in [3.8, 4) is 0 Å². The summed E-state index contributed by atoms with van der Waals surface area (Å²) in [7, 11) is 0. The van der Waals surface area contributed by atoms with Crippen molar-refractivity contribution >= 4 is 11.4 Å². The Labute approximate surface area is 98.6 Å². The molecule has 0 amide bonds. The topological polar surface area (TPSA) is 12.4 Å². The van der Waals surface area contributed by atoms with E-state index < -0.39 is 0 Å². The van der Waals surface area contributed by atoms with Crippen LogP contribution < -0.4 is 0 Å². The van der Waals surface area contributed by atoms with Gasteiger partial charge in [0.2, 0.25) is 0 Å². The van der Waals surface area contributed by atoms with Crippen LogP contribution in [-0.4, -0.2) is 5.71 Å². The Bertz CT molecular complexity index is 505. The maximum absolute atomic E-state index is 4.78. The molecule has 0 atom stereocenters. The Morgan fingerprint density at radius 3 is 1.81 bits per heavy atom. The molecule has 1 heterocycles. The Morgan fingerprint density at radius 2 is 1.25 bits per heavy atom. The molecule has 1 aromatic carbocycles. The lowest BCUT2D eigenvalue weighted by Gasteiger charge is -2.24. The highest BCUT2D eigenvalue weighted by Gasteiger charge is 2.35. The number of aliphatic imine (C=N–C) groups is 1. The van der Waals surface area contributed by atoms with E-state index in [4.69, 9.17) is 4.99 Å². The van der Waals surface area contributed by atoms with E-state index in [1.165, 1.54) is 39.2 Å². The van der Waals surface area contributed by atoms with E-state index in [9.17, 15) is 0 Å². The quantitative estimate of drug-likeness (QED) is 0.611. The minimum Gasteiger partial charge on any atom is -0.257 e. The first-order chi connectivity index (χ1) is 7.28. The molecule has 1 aliphatic rings. The first kappa shape index (κ1) is 11.4. The molecule has 0 aromatic heterocycles.